The average Bonchev–Trinajstić information content (AvgIpc) is 2.54. The zero-order valence-corrected chi connectivity index (χ0v) is 14.3. The molecule has 0 saturated carbocycles. The van der Waals surface area contributed by atoms with Gasteiger partial charge in [-0.25, -0.2) is 0 Å². The molecule has 0 bridgehead atoms. The Morgan fingerprint density at radius 3 is 2.70 bits per heavy atom. The first-order chi connectivity index (χ1) is 11.0. The van der Waals surface area contributed by atoms with E-state index < -0.39 is 0 Å². The van der Waals surface area contributed by atoms with Gasteiger partial charge in [-0.1, -0.05) is 20.8 Å². The standard InChI is InChI=1S/C19H26N2O2/c1-19(2,3)17-6-7-20-18-14-15(4-5-16(17)18)23-13-10-21-8-11-22-12-9-21/h4-7,14H,8-13H2,1-3H3. The number of morpholine rings is 1. The predicted molar refractivity (Wildman–Crippen MR) is 93.2 cm³/mol. The zero-order chi connectivity index (χ0) is 16.3. The Balaban J connectivity index is 1.68. The van der Waals surface area contributed by atoms with Crippen LogP contribution in [-0.2, 0) is 10.2 Å². The molecule has 1 aliphatic heterocycles. The molecule has 3 rings (SSSR count). The van der Waals surface area contributed by atoms with Crippen molar-refractivity contribution in [1.29, 1.82) is 0 Å². The van der Waals surface area contributed by atoms with Crippen molar-refractivity contribution in [2.75, 3.05) is 39.5 Å². The van der Waals surface area contributed by atoms with E-state index >= 15 is 0 Å². The number of hydrogen-bond donors (Lipinski definition) is 0. The van der Waals surface area contributed by atoms with Crippen LogP contribution in [0, 0.1) is 0 Å². The molecular formula is C19H26N2O2. The zero-order valence-electron chi connectivity index (χ0n) is 14.3. The minimum atomic E-state index is 0.111. The summed E-state index contributed by atoms with van der Waals surface area (Å²) in [6.07, 6.45) is 1.89. The van der Waals surface area contributed by atoms with Crippen LogP contribution in [-0.4, -0.2) is 49.3 Å². The van der Waals surface area contributed by atoms with E-state index in [1.807, 2.05) is 12.3 Å². The number of hydrogen-bond acceptors (Lipinski definition) is 4. The summed E-state index contributed by atoms with van der Waals surface area (Å²) in [5.74, 6) is 0.893. The summed E-state index contributed by atoms with van der Waals surface area (Å²) in [6, 6.07) is 8.34. The summed E-state index contributed by atoms with van der Waals surface area (Å²) in [5.41, 5.74) is 2.43. The third kappa shape index (κ3) is 4.01. The second-order valence-electron chi connectivity index (χ2n) is 7.09. The lowest BCUT2D eigenvalue weighted by molar-refractivity contribution is 0.0322. The lowest BCUT2D eigenvalue weighted by atomic mass is 9.85. The maximum atomic E-state index is 5.92. The number of aromatic nitrogens is 1. The molecule has 0 atom stereocenters. The Morgan fingerprint density at radius 1 is 1.17 bits per heavy atom. The van der Waals surface area contributed by atoms with Crippen molar-refractivity contribution in [3.8, 4) is 5.75 Å². The Bertz CT molecular complexity index is 658. The van der Waals surface area contributed by atoms with Gasteiger partial charge in [-0.3, -0.25) is 9.88 Å². The summed E-state index contributed by atoms with van der Waals surface area (Å²) >= 11 is 0. The lowest BCUT2D eigenvalue weighted by Gasteiger charge is -2.26. The Labute approximate surface area is 138 Å². The summed E-state index contributed by atoms with van der Waals surface area (Å²) in [5, 5.41) is 1.21. The van der Waals surface area contributed by atoms with Crippen LogP contribution in [0.5, 0.6) is 5.75 Å². The molecule has 0 spiro atoms. The van der Waals surface area contributed by atoms with Crippen LogP contribution in [0.25, 0.3) is 10.9 Å². The van der Waals surface area contributed by atoms with E-state index in [4.69, 9.17) is 9.47 Å². The van der Waals surface area contributed by atoms with E-state index in [1.54, 1.807) is 0 Å². The van der Waals surface area contributed by atoms with Crippen LogP contribution in [0.15, 0.2) is 30.5 Å². The molecule has 1 fully saturated rings. The molecule has 0 amide bonds. The van der Waals surface area contributed by atoms with Crippen molar-refractivity contribution in [1.82, 2.24) is 9.88 Å². The molecule has 0 unspecified atom stereocenters. The number of pyridine rings is 1. The molecule has 23 heavy (non-hydrogen) atoms. The van der Waals surface area contributed by atoms with Crippen molar-refractivity contribution in [3.05, 3.63) is 36.0 Å². The Hall–Kier alpha value is -1.65. The fraction of sp³-hybridized carbons (Fsp3) is 0.526. The van der Waals surface area contributed by atoms with Gasteiger partial charge in [-0.15, -0.1) is 0 Å². The summed E-state index contributed by atoms with van der Waals surface area (Å²) in [7, 11) is 0. The van der Waals surface area contributed by atoms with E-state index in [1.165, 1.54) is 10.9 Å². The normalized spacial score (nSPS) is 16.7. The fourth-order valence-electron chi connectivity index (χ4n) is 2.99. The van der Waals surface area contributed by atoms with Gasteiger partial charge in [0, 0.05) is 37.3 Å². The van der Waals surface area contributed by atoms with Crippen molar-refractivity contribution in [2.24, 2.45) is 0 Å². The van der Waals surface area contributed by atoms with E-state index in [0.29, 0.717) is 6.61 Å². The molecular weight excluding hydrogens is 288 g/mol. The van der Waals surface area contributed by atoms with Crippen LogP contribution < -0.4 is 4.74 Å². The SMILES string of the molecule is CC(C)(C)c1ccnc2cc(OCCN3CCOCC3)ccc12. The van der Waals surface area contributed by atoms with Gasteiger partial charge in [0.05, 0.1) is 18.7 Å². The number of benzene rings is 1. The first-order valence-corrected chi connectivity index (χ1v) is 8.36. The van der Waals surface area contributed by atoms with E-state index in [0.717, 1.165) is 44.1 Å². The molecule has 4 nitrogen and oxygen atoms in total. The second-order valence-corrected chi connectivity index (χ2v) is 7.09. The molecule has 1 aromatic heterocycles. The first kappa shape index (κ1) is 16.2. The third-order valence-electron chi connectivity index (χ3n) is 4.30. The summed E-state index contributed by atoms with van der Waals surface area (Å²) in [4.78, 5) is 6.88. The molecule has 1 aromatic carbocycles. The summed E-state index contributed by atoms with van der Waals surface area (Å²) in [6.45, 7) is 12.0. The molecule has 124 valence electrons. The molecule has 0 aliphatic carbocycles. The number of fused-ring (bicyclic) bond motifs is 1. The maximum absolute atomic E-state index is 5.92. The molecule has 4 heteroatoms. The number of nitrogens with zero attached hydrogens (tertiary/aromatic N) is 2. The quantitative estimate of drug-likeness (QED) is 0.868. The van der Waals surface area contributed by atoms with Crippen molar-refractivity contribution in [2.45, 2.75) is 26.2 Å². The summed E-state index contributed by atoms with van der Waals surface area (Å²) < 4.78 is 11.3. The second kappa shape index (κ2) is 6.85. The molecule has 2 aromatic rings. The van der Waals surface area contributed by atoms with Gasteiger partial charge in [-0.2, -0.15) is 0 Å². The Morgan fingerprint density at radius 2 is 1.96 bits per heavy atom. The van der Waals surface area contributed by atoms with E-state index in [9.17, 15) is 0 Å². The van der Waals surface area contributed by atoms with Crippen LogP contribution in [0.1, 0.15) is 26.3 Å². The largest absolute Gasteiger partial charge is 0.492 e. The molecule has 0 radical (unpaired) electrons. The fourth-order valence-corrected chi connectivity index (χ4v) is 2.99. The van der Waals surface area contributed by atoms with Crippen molar-refractivity contribution < 1.29 is 9.47 Å². The van der Waals surface area contributed by atoms with Crippen LogP contribution >= 0.6 is 0 Å². The van der Waals surface area contributed by atoms with Gasteiger partial charge in [0.2, 0.25) is 0 Å². The molecule has 0 N–H and O–H groups in total. The number of rotatable bonds is 4. The van der Waals surface area contributed by atoms with Crippen LogP contribution in [0.4, 0.5) is 0 Å². The first-order valence-electron chi connectivity index (χ1n) is 8.36. The molecule has 1 aliphatic rings. The third-order valence-corrected chi connectivity index (χ3v) is 4.30. The molecule has 2 heterocycles. The van der Waals surface area contributed by atoms with Gasteiger partial charge in [0.25, 0.3) is 0 Å². The van der Waals surface area contributed by atoms with Gasteiger partial charge < -0.3 is 9.47 Å². The highest BCUT2D eigenvalue weighted by Crippen LogP contribution is 2.30. The minimum Gasteiger partial charge on any atom is -0.492 e. The molecule has 1 saturated heterocycles. The number of ether oxygens (including phenoxy) is 2. The van der Waals surface area contributed by atoms with Crippen LogP contribution in [0.2, 0.25) is 0 Å². The maximum Gasteiger partial charge on any atom is 0.121 e. The van der Waals surface area contributed by atoms with Gasteiger partial charge >= 0.3 is 0 Å². The highest BCUT2D eigenvalue weighted by molar-refractivity contribution is 5.84. The van der Waals surface area contributed by atoms with Crippen LogP contribution in [0.3, 0.4) is 0 Å². The van der Waals surface area contributed by atoms with Crippen molar-refractivity contribution >= 4 is 10.9 Å². The van der Waals surface area contributed by atoms with Gasteiger partial charge in [0.1, 0.15) is 12.4 Å². The van der Waals surface area contributed by atoms with E-state index in [2.05, 4.69) is 48.9 Å². The lowest BCUT2D eigenvalue weighted by Crippen LogP contribution is -2.38. The highest BCUT2D eigenvalue weighted by Gasteiger charge is 2.17. The Kier molecular flexibility index (Phi) is 4.83. The smallest absolute Gasteiger partial charge is 0.121 e. The minimum absolute atomic E-state index is 0.111. The average molecular weight is 314 g/mol. The van der Waals surface area contributed by atoms with Crippen molar-refractivity contribution in [3.63, 3.8) is 0 Å². The van der Waals surface area contributed by atoms with Gasteiger partial charge in [-0.05, 0) is 29.2 Å². The van der Waals surface area contributed by atoms with Gasteiger partial charge in [0.15, 0.2) is 0 Å². The van der Waals surface area contributed by atoms with E-state index in [-0.39, 0.29) is 5.41 Å². The predicted octanol–water partition coefficient (Wildman–Crippen LogP) is 3.24. The topological polar surface area (TPSA) is 34.6 Å². The highest BCUT2D eigenvalue weighted by atomic mass is 16.5. The monoisotopic (exact) mass is 314 g/mol.